The maximum atomic E-state index is 11.7. The smallest absolute Gasteiger partial charge is 0.211 e. The van der Waals surface area contributed by atoms with Crippen LogP contribution in [0.5, 0.6) is 0 Å². The zero-order valence-corrected chi connectivity index (χ0v) is 19.0. The second-order valence-electron chi connectivity index (χ2n) is 6.60. The summed E-state index contributed by atoms with van der Waals surface area (Å²) in [4.78, 5) is 4.85. The second kappa shape index (κ2) is 10.8. The Labute approximate surface area is 169 Å². The molecular weight excluding hydrogens is 400 g/mol. The van der Waals surface area contributed by atoms with Crippen molar-refractivity contribution >= 4 is 25.8 Å². The number of nitrogens with one attached hydrogen (secondary N) is 2. The summed E-state index contributed by atoms with van der Waals surface area (Å²) in [5, 5.41) is 6.34. The summed E-state index contributed by atoms with van der Waals surface area (Å²) in [6, 6.07) is 5.21. The van der Waals surface area contributed by atoms with Crippen LogP contribution >= 0.6 is 0 Å². The van der Waals surface area contributed by atoms with Crippen LogP contribution in [-0.4, -0.2) is 65.8 Å². The molecule has 0 spiro atoms. The van der Waals surface area contributed by atoms with E-state index in [1.807, 2.05) is 19.9 Å². The molecule has 0 fully saturated rings. The Bertz CT molecular complexity index is 881. The molecule has 1 aromatic rings. The molecule has 8 nitrogen and oxygen atoms in total. The Morgan fingerprint density at radius 1 is 1.11 bits per heavy atom. The van der Waals surface area contributed by atoms with Crippen LogP contribution in [0.25, 0.3) is 0 Å². The Kier molecular flexibility index (Phi) is 9.38. The van der Waals surface area contributed by atoms with Crippen LogP contribution in [-0.2, 0) is 26.4 Å². The Morgan fingerprint density at radius 2 is 1.79 bits per heavy atom. The third kappa shape index (κ3) is 8.15. The molecule has 0 aliphatic heterocycles. The van der Waals surface area contributed by atoms with E-state index in [4.69, 9.17) is 0 Å². The summed E-state index contributed by atoms with van der Waals surface area (Å²) in [7, 11) is -6.41. The summed E-state index contributed by atoms with van der Waals surface area (Å²) >= 11 is 0. The summed E-state index contributed by atoms with van der Waals surface area (Å²) in [5.74, 6) is 0.634. The normalized spacial score (nSPS) is 13.0. The highest BCUT2D eigenvalue weighted by molar-refractivity contribution is 7.90. The third-order valence-corrected chi connectivity index (χ3v) is 6.74. The largest absolute Gasteiger partial charge is 0.357 e. The monoisotopic (exact) mass is 432 g/mol. The topological polar surface area (TPSA) is 108 Å². The quantitative estimate of drug-likeness (QED) is 0.326. The number of aryl methyl sites for hydroxylation is 1. The zero-order valence-electron chi connectivity index (χ0n) is 17.3. The predicted octanol–water partition coefficient (Wildman–Crippen LogP) is 1.13. The third-order valence-electron chi connectivity index (χ3n) is 4.10. The van der Waals surface area contributed by atoms with Gasteiger partial charge in [-0.1, -0.05) is 19.1 Å². The van der Waals surface area contributed by atoms with Crippen molar-refractivity contribution in [3.05, 3.63) is 29.3 Å². The first-order valence-corrected chi connectivity index (χ1v) is 13.0. The Hall–Kier alpha value is -1.65. The number of aliphatic imine (C=N–C) groups is 1. The summed E-state index contributed by atoms with van der Waals surface area (Å²) in [6.45, 7) is 8.15. The van der Waals surface area contributed by atoms with Gasteiger partial charge in [0.25, 0.3) is 0 Å². The van der Waals surface area contributed by atoms with Crippen molar-refractivity contribution in [1.82, 2.24) is 14.9 Å². The molecule has 1 rings (SSSR count). The first-order chi connectivity index (χ1) is 13.0. The molecule has 0 saturated heterocycles. The fourth-order valence-corrected chi connectivity index (χ4v) is 4.65. The molecule has 0 atom stereocenters. The second-order valence-corrected chi connectivity index (χ2v) is 10.6. The lowest BCUT2D eigenvalue weighted by atomic mass is 10.1. The maximum Gasteiger partial charge on any atom is 0.211 e. The molecule has 28 heavy (non-hydrogen) atoms. The molecule has 2 N–H and O–H groups in total. The van der Waals surface area contributed by atoms with Gasteiger partial charge in [-0.15, -0.1) is 0 Å². The van der Waals surface area contributed by atoms with Gasteiger partial charge in [0.05, 0.1) is 17.7 Å². The van der Waals surface area contributed by atoms with E-state index in [-0.39, 0.29) is 0 Å². The van der Waals surface area contributed by atoms with Gasteiger partial charge in [-0.2, -0.15) is 0 Å². The first-order valence-electron chi connectivity index (χ1n) is 9.26. The number of benzene rings is 1. The Morgan fingerprint density at radius 3 is 2.29 bits per heavy atom. The van der Waals surface area contributed by atoms with E-state index in [1.165, 1.54) is 16.8 Å². The Balaban J connectivity index is 2.68. The molecule has 0 saturated carbocycles. The minimum atomic E-state index is -3.23. The fraction of sp³-hybridized carbons (Fsp3) is 0.611. The molecule has 0 aliphatic rings. The van der Waals surface area contributed by atoms with E-state index in [2.05, 4.69) is 15.6 Å². The number of sulfonamides is 1. The highest BCUT2D eigenvalue weighted by Gasteiger charge is 2.13. The number of guanidine groups is 1. The van der Waals surface area contributed by atoms with Gasteiger partial charge in [0, 0.05) is 32.4 Å². The van der Waals surface area contributed by atoms with Gasteiger partial charge in [0.15, 0.2) is 15.8 Å². The van der Waals surface area contributed by atoms with Gasteiger partial charge in [-0.05, 0) is 37.5 Å². The lowest BCUT2D eigenvalue weighted by Gasteiger charge is -2.18. The van der Waals surface area contributed by atoms with Gasteiger partial charge in [0.1, 0.15) is 0 Å². The molecule has 0 amide bonds. The first kappa shape index (κ1) is 24.4. The van der Waals surface area contributed by atoms with Crippen molar-refractivity contribution in [1.29, 1.82) is 0 Å². The number of sulfone groups is 1. The van der Waals surface area contributed by atoms with E-state index in [0.717, 1.165) is 5.56 Å². The van der Waals surface area contributed by atoms with Crippen LogP contribution in [0.3, 0.4) is 0 Å². The van der Waals surface area contributed by atoms with E-state index in [9.17, 15) is 16.8 Å². The van der Waals surface area contributed by atoms with E-state index in [1.54, 1.807) is 19.1 Å². The molecule has 0 bridgehead atoms. The lowest BCUT2D eigenvalue weighted by Crippen LogP contribution is -2.39. The molecule has 0 heterocycles. The van der Waals surface area contributed by atoms with Crippen LogP contribution in [0.1, 0.15) is 31.4 Å². The summed E-state index contributed by atoms with van der Waals surface area (Å²) in [5.41, 5.74) is 1.62. The minimum absolute atomic E-state index is 0.330. The molecule has 0 unspecified atom stereocenters. The van der Waals surface area contributed by atoms with Gasteiger partial charge in [-0.25, -0.2) is 26.1 Å². The van der Waals surface area contributed by atoms with Crippen LogP contribution in [0.15, 0.2) is 28.1 Å². The SMILES string of the molecule is CCNC(=NCc1ccc(S(C)(=O)=O)c(C)c1)NCCCN(CC)S(C)(=O)=O. The molecule has 160 valence electrons. The molecule has 0 aromatic heterocycles. The van der Waals surface area contributed by atoms with Crippen molar-refractivity contribution in [2.45, 2.75) is 38.6 Å². The van der Waals surface area contributed by atoms with Crippen LogP contribution in [0.2, 0.25) is 0 Å². The highest BCUT2D eigenvalue weighted by Crippen LogP contribution is 2.17. The molecule has 0 aliphatic carbocycles. The molecular formula is C18H32N4O4S2. The van der Waals surface area contributed by atoms with Gasteiger partial charge in [0.2, 0.25) is 10.0 Å². The predicted molar refractivity (Wildman–Crippen MR) is 114 cm³/mol. The van der Waals surface area contributed by atoms with Crippen molar-refractivity contribution in [2.24, 2.45) is 4.99 Å². The molecule has 0 radical (unpaired) electrons. The molecule has 1 aromatic carbocycles. The van der Waals surface area contributed by atoms with Crippen LogP contribution in [0.4, 0.5) is 0 Å². The van der Waals surface area contributed by atoms with Crippen molar-refractivity contribution in [3.63, 3.8) is 0 Å². The standard InChI is InChI=1S/C18H32N4O4S2/c1-6-19-18(20-11-8-12-22(7-2)28(5,25)26)21-14-16-9-10-17(15(3)13-16)27(4,23)24/h9-10,13H,6-8,11-12,14H2,1-5H3,(H2,19,20,21). The minimum Gasteiger partial charge on any atom is -0.357 e. The average Bonchev–Trinajstić information content (AvgIpc) is 2.57. The highest BCUT2D eigenvalue weighted by atomic mass is 32.2. The van der Waals surface area contributed by atoms with Crippen LogP contribution < -0.4 is 10.6 Å². The summed E-state index contributed by atoms with van der Waals surface area (Å²) in [6.07, 6.45) is 3.07. The van der Waals surface area contributed by atoms with Gasteiger partial charge >= 0.3 is 0 Å². The van der Waals surface area contributed by atoms with Crippen molar-refractivity contribution < 1.29 is 16.8 Å². The number of hydrogen-bond acceptors (Lipinski definition) is 5. The fourth-order valence-electron chi connectivity index (χ4n) is 2.76. The van der Waals surface area contributed by atoms with Crippen LogP contribution in [0, 0.1) is 6.92 Å². The van der Waals surface area contributed by atoms with E-state index in [0.29, 0.717) is 55.6 Å². The van der Waals surface area contributed by atoms with Crippen molar-refractivity contribution in [2.75, 3.05) is 38.7 Å². The number of hydrogen-bond donors (Lipinski definition) is 2. The van der Waals surface area contributed by atoms with Crippen molar-refractivity contribution in [3.8, 4) is 0 Å². The van der Waals surface area contributed by atoms with Gasteiger partial charge in [-0.3, -0.25) is 0 Å². The zero-order chi connectivity index (χ0) is 21.4. The van der Waals surface area contributed by atoms with E-state index >= 15 is 0 Å². The lowest BCUT2D eigenvalue weighted by molar-refractivity contribution is 0.424. The average molecular weight is 433 g/mol. The number of rotatable bonds is 10. The van der Waals surface area contributed by atoms with E-state index < -0.39 is 19.9 Å². The van der Waals surface area contributed by atoms with Gasteiger partial charge < -0.3 is 10.6 Å². The maximum absolute atomic E-state index is 11.7. The summed E-state index contributed by atoms with van der Waals surface area (Å²) < 4.78 is 48.0. The number of nitrogens with zero attached hydrogens (tertiary/aromatic N) is 2. The molecule has 10 heteroatoms.